The number of pyridine rings is 1. The second kappa shape index (κ2) is 15.3. The molecule has 0 bridgehead atoms. The van der Waals surface area contributed by atoms with E-state index in [1.807, 2.05) is 22.8 Å². The number of aliphatic carboxylic acids is 1. The van der Waals surface area contributed by atoms with Crippen LogP contribution in [0.25, 0.3) is 11.3 Å². The van der Waals surface area contributed by atoms with Crippen molar-refractivity contribution in [2.45, 2.75) is 45.1 Å². The van der Waals surface area contributed by atoms with Gasteiger partial charge < -0.3 is 29.2 Å². The van der Waals surface area contributed by atoms with Crippen LogP contribution >= 0.6 is 0 Å². The number of amides is 1. The molecule has 2 fully saturated rings. The number of carboxylic acids is 1. The second-order valence-electron chi connectivity index (χ2n) is 11.3. The van der Waals surface area contributed by atoms with E-state index in [1.54, 1.807) is 18.2 Å². The molecule has 3 aromatic rings. The van der Waals surface area contributed by atoms with Crippen molar-refractivity contribution in [3.8, 4) is 17.0 Å². The number of hydrogen-bond acceptors (Lipinski definition) is 7. The van der Waals surface area contributed by atoms with E-state index in [-0.39, 0.29) is 60.0 Å². The number of carbonyl (C=O) groups is 2. The van der Waals surface area contributed by atoms with Crippen molar-refractivity contribution in [3.05, 3.63) is 76.9 Å². The van der Waals surface area contributed by atoms with Gasteiger partial charge in [0.25, 0.3) is 0 Å². The summed E-state index contributed by atoms with van der Waals surface area (Å²) in [4.78, 5) is 31.8. The van der Waals surface area contributed by atoms with Gasteiger partial charge in [-0.3, -0.25) is 4.79 Å². The van der Waals surface area contributed by atoms with Gasteiger partial charge in [-0.25, -0.2) is 13.8 Å². The second-order valence-corrected chi connectivity index (χ2v) is 11.3. The van der Waals surface area contributed by atoms with E-state index >= 15 is 4.39 Å². The van der Waals surface area contributed by atoms with Crippen molar-refractivity contribution in [1.82, 2.24) is 9.88 Å². The molecule has 8 nitrogen and oxygen atoms in total. The summed E-state index contributed by atoms with van der Waals surface area (Å²) >= 11 is 0. The topological polar surface area (TPSA) is 95.0 Å². The first-order valence-electron chi connectivity index (χ1n) is 14.6. The van der Waals surface area contributed by atoms with Gasteiger partial charge in [0.15, 0.2) is 11.6 Å². The predicted octanol–water partition coefficient (Wildman–Crippen LogP) is 1.24. The fourth-order valence-corrected chi connectivity index (χ4v) is 5.95. The third kappa shape index (κ3) is 7.96. The minimum Gasteiger partial charge on any atom is -0.550 e. The molecule has 2 aliphatic heterocycles. The smallest absolute Gasteiger partial charge is 0.550 e. The van der Waals surface area contributed by atoms with Crippen LogP contribution in [0.4, 0.5) is 14.6 Å². The zero-order valence-electron chi connectivity index (χ0n) is 25.5. The number of anilines is 1. The number of halogens is 2. The Morgan fingerprint density at radius 3 is 2.39 bits per heavy atom. The molecule has 0 N–H and O–H groups in total. The van der Waals surface area contributed by atoms with Crippen LogP contribution in [-0.2, 0) is 20.9 Å². The number of hydrogen-bond donors (Lipinski definition) is 0. The minimum absolute atomic E-state index is 0. The molecule has 0 radical (unpaired) electrons. The number of aromatic nitrogens is 1. The largest absolute Gasteiger partial charge is 1.00 e. The van der Waals surface area contributed by atoms with E-state index in [0.717, 1.165) is 30.0 Å². The molecule has 3 heterocycles. The molecule has 2 aromatic carbocycles. The summed E-state index contributed by atoms with van der Waals surface area (Å²) < 4.78 is 40.5. The van der Waals surface area contributed by atoms with Crippen molar-refractivity contribution >= 4 is 17.7 Å². The molecule has 228 valence electrons. The summed E-state index contributed by atoms with van der Waals surface area (Å²) in [6.07, 6.45) is 2.64. The summed E-state index contributed by atoms with van der Waals surface area (Å²) in [6, 6.07) is 13.4. The van der Waals surface area contributed by atoms with Crippen molar-refractivity contribution in [1.29, 1.82) is 0 Å². The van der Waals surface area contributed by atoms with Crippen LogP contribution in [0.5, 0.6) is 5.75 Å². The molecule has 2 saturated heterocycles. The summed E-state index contributed by atoms with van der Waals surface area (Å²) in [5, 5.41) is 11.2. The quantitative estimate of drug-likeness (QED) is 0.335. The van der Waals surface area contributed by atoms with E-state index in [4.69, 9.17) is 9.47 Å². The van der Waals surface area contributed by atoms with Crippen molar-refractivity contribution < 1.29 is 62.5 Å². The molecule has 2 aliphatic rings. The zero-order valence-corrected chi connectivity index (χ0v) is 27.5. The first-order valence-corrected chi connectivity index (χ1v) is 14.6. The Morgan fingerprint density at radius 1 is 1.00 bits per heavy atom. The number of ether oxygens (including phenoxy) is 2. The molecule has 1 aromatic heterocycles. The molecule has 11 heteroatoms. The number of piperidine rings is 2. The van der Waals surface area contributed by atoms with Crippen LogP contribution in [0.1, 0.15) is 48.3 Å². The number of nitrogens with zero attached hydrogens (tertiary/aromatic N) is 3. The third-order valence-corrected chi connectivity index (χ3v) is 8.50. The summed E-state index contributed by atoms with van der Waals surface area (Å²) in [5.41, 5.74) is 3.63. The van der Waals surface area contributed by atoms with Crippen molar-refractivity contribution in [2.24, 2.45) is 5.92 Å². The Labute approximate surface area is 278 Å². The average Bonchev–Trinajstić information content (AvgIpc) is 3.01. The maximum atomic E-state index is 15.1. The van der Waals surface area contributed by atoms with Gasteiger partial charge in [-0.15, -0.1) is 0 Å². The fraction of sp³-hybridized carbons (Fsp3) is 0.424. The first-order chi connectivity index (χ1) is 20.7. The number of carbonyl (C=O) groups excluding carboxylic acids is 2. The molecule has 44 heavy (non-hydrogen) atoms. The molecule has 5 rings (SSSR count). The standard InChI is InChI=1S/C33H37F2N3O5.Na/c1-21-16-24(22-8-14-38(15-9-22)31(39)20-42-2)6-7-25(21)19-43-32-27(17-26(34)18-28(32)35)29-4-3-5-30(36-29)37-12-10-23(11-13-37)33(40)41;/h3-7,16-18,22-23H,8-15,19-20H2,1-2H3,(H,40,41);/q;+1/p-1. The average molecular weight is 616 g/mol. The first kappa shape index (κ1) is 33.8. The van der Waals surface area contributed by atoms with Gasteiger partial charge in [0.1, 0.15) is 24.8 Å². The monoisotopic (exact) mass is 615 g/mol. The molecule has 1 amide bonds. The Hall–Kier alpha value is -3.05. The van der Waals surface area contributed by atoms with Crippen molar-refractivity contribution in [2.75, 3.05) is 44.8 Å². The number of aryl methyl sites for hydroxylation is 1. The minimum atomic E-state index is -1.04. The Bertz CT molecular complexity index is 1470. The van der Waals surface area contributed by atoms with E-state index < -0.39 is 23.5 Å². The summed E-state index contributed by atoms with van der Waals surface area (Å²) in [5.74, 6) is -2.22. The molecular weight excluding hydrogens is 579 g/mol. The predicted molar refractivity (Wildman–Crippen MR) is 155 cm³/mol. The molecule has 0 unspecified atom stereocenters. The molecular formula is C33H36F2N3NaO5. The molecule has 0 saturated carbocycles. The van der Waals surface area contributed by atoms with Crippen LogP contribution in [0.3, 0.4) is 0 Å². The van der Waals surface area contributed by atoms with E-state index in [2.05, 4.69) is 17.1 Å². The maximum absolute atomic E-state index is 15.1. The number of carboxylic acid groups (broad SMARTS) is 1. The number of methoxy groups -OCH3 is 1. The molecule has 0 atom stereocenters. The number of rotatable bonds is 9. The SMILES string of the molecule is COCC(=O)N1CCC(c2ccc(COc3c(F)cc(F)cc3-c3cccc(N4CCC(C(=O)[O-])CC4)n3)c(C)c2)CC1.[Na+]. The van der Waals surface area contributed by atoms with Gasteiger partial charge in [-0.05, 0) is 73.4 Å². The molecule has 0 aliphatic carbocycles. The van der Waals surface area contributed by atoms with Gasteiger partial charge in [0.2, 0.25) is 5.91 Å². The Balaban J connectivity index is 0.00000442. The van der Waals surface area contributed by atoms with E-state index in [9.17, 15) is 19.1 Å². The van der Waals surface area contributed by atoms with Crippen LogP contribution in [0, 0.1) is 24.5 Å². The van der Waals surface area contributed by atoms with E-state index in [0.29, 0.717) is 56.5 Å². The molecule has 0 spiro atoms. The van der Waals surface area contributed by atoms with Crippen LogP contribution in [0.2, 0.25) is 0 Å². The van der Waals surface area contributed by atoms with Gasteiger partial charge >= 0.3 is 29.6 Å². The van der Waals surface area contributed by atoms with E-state index in [1.165, 1.54) is 18.7 Å². The zero-order chi connectivity index (χ0) is 30.5. The normalized spacial score (nSPS) is 16.0. The van der Waals surface area contributed by atoms with Crippen LogP contribution in [0.15, 0.2) is 48.5 Å². The third-order valence-electron chi connectivity index (χ3n) is 8.50. The number of benzene rings is 2. The van der Waals surface area contributed by atoms with Gasteiger partial charge in [-0.2, -0.15) is 0 Å². The summed E-state index contributed by atoms with van der Waals surface area (Å²) in [7, 11) is 1.52. The van der Waals surface area contributed by atoms with Crippen LogP contribution < -0.4 is 44.3 Å². The fourth-order valence-electron chi connectivity index (χ4n) is 5.95. The maximum Gasteiger partial charge on any atom is 1.00 e. The Morgan fingerprint density at radius 2 is 1.73 bits per heavy atom. The van der Waals surface area contributed by atoms with Gasteiger partial charge in [0.05, 0.1) is 5.69 Å². The van der Waals surface area contributed by atoms with Gasteiger partial charge in [-0.1, -0.05) is 24.3 Å². The van der Waals surface area contributed by atoms with Crippen LogP contribution in [-0.4, -0.2) is 61.7 Å². The van der Waals surface area contributed by atoms with Gasteiger partial charge in [0, 0.05) is 56.8 Å². The summed E-state index contributed by atoms with van der Waals surface area (Å²) in [6.45, 7) is 4.54. The van der Waals surface area contributed by atoms with Crippen molar-refractivity contribution in [3.63, 3.8) is 0 Å². The number of likely N-dealkylation sites (tertiary alicyclic amines) is 1. The Kier molecular flexibility index (Phi) is 11.8.